The number of fused-ring (bicyclic) bond motifs is 3. The van der Waals surface area contributed by atoms with Crippen LogP contribution in [-0.4, -0.2) is 38.7 Å². The Bertz CT molecular complexity index is 1230. The van der Waals surface area contributed by atoms with E-state index in [1.807, 2.05) is 6.07 Å². The third-order valence-corrected chi connectivity index (χ3v) is 5.58. The number of sulfone groups is 1. The molecule has 26 heavy (non-hydrogen) atoms. The number of hydrogen-bond donors (Lipinski definition) is 1. The number of aliphatic carboxylic acids is 1. The van der Waals surface area contributed by atoms with E-state index in [0.29, 0.717) is 16.6 Å². The van der Waals surface area contributed by atoms with Crippen LogP contribution in [0.4, 0.5) is 0 Å². The summed E-state index contributed by atoms with van der Waals surface area (Å²) in [6.07, 6.45) is 0. The summed E-state index contributed by atoms with van der Waals surface area (Å²) >= 11 is 0. The van der Waals surface area contributed by atoms with Gasteiger partial charge in [0.15, 0.2) is 0 Å². The topological polar surface area (TPSA) is 107 Å². The molecule has 4 rings (SSSR count). The first-order valence-electron chi connectivity index (χ1n) is 7.78. The standard InChI is InChI=1S/C17H14N4O4S/c22-15(23)10-20-13-8-4-5-9-14(13)21-16(20)18-19-17(21)26(24,25)11-12-6-2-1-3-7-12/h1-9H,10-11H2,(H,22,23). The number of imidazole rings is 1. The lowest BCUT2D eigenvalue weighted by Gasteiger charge is -2.02. The van der Waals surface area contributed by atoms with Crippen LogP contribution in [0.15, 0.2) is 59.8 Å². The van der Waals surface area contributed by atoms with E-state index >= 15 is 0 Å². The SMILES string of the molecule is O=C(O)Cn1c2ccccc2n2c(S(=O)(=O)Cc3ccccc3)nnc12. The van der Waals surface area contributed by atoms with E-state index in [2.05, 4.69) is 10.2 Å². The molecule has 0 bridgehead atoms. The predicted octanol–water partition coefficient (Wildman–Crippen LogP) is 1.74. The lowest BCUT2D eigenvalue weighted by atomic mass is 10.2. The van der Waals surface area contributed by atoms with Crippen LogP contribution in [0.2, 0.25) is 0 Å². The number of carbonyl (C=O) groups is 1. The highest BCUT2D eigenvalue weighted by Crippen LogP contribution is 2.24. The molecule has 9 heteroatoms. The molecule has 0 saturated heterocycles. The molecule has 0 fully saturated rings. The second kappa shape index (κ2) is 5.95. The van der Waals surface area contributed by atoms with Gasteiger partial charge in [-0.15, -0.1) is 10.2 Å². The van der Waals surface area contributed by atoms with Gasteiger partial charge in [0, 0.05) is 0 Å². The molecule has 0 radical (unpaired) electrons. The van der Waals surface area contributed by atoms with E-state index < -0.39 is 15.8 Å². The quantitative estimate of drug-likeness (QED) is 0.573. The number of carboxylic acids is 1. The van der Waals surface area contributed by atoms with Crippen LogP contribution in [0, 0.1) is 0 Å². The van der Waals surface area contributed by atoms with E-state index in [9.17, 15) is 13.2 Å². The van der Waals surface area contributed by atoms with E-state index in [1.165, 1.54) is 8.97 Å². The molecule has 0 amide bonds. The summed E-state index contributed by atoms with van der Waals surface area (Å²) in [6, 6.07) is 15.7. The molecule has 8 nitrogen and oxygen atoms in total. The Morgan fingerprint density at radius 2 is 1.62 bits per heavy atom. The molecule has 1 N–H and O–H groups in total. The van der Waals surface area contributed by atoms with E-state index in [0.717, 1.165) is 0 Å². The molecule has 4 aromatic rings. The Kier molecular flexibility index (Phi) is 3.73. The minimum absolute atomic E-state index is 0.181. The van der Waals surface area contributed by atoms with Gasteiger partial charge in [0.05, 0.1) is 16.8 Å². The molecule has 0 saturated carbocycles. The van der Waals surface area contributed by atoms with Crippen LogP contribution < -0.4 is 0 Å². The number of hydrogen-bond acceptors (Lipinski definition) is 5. The van der Waals surface area contributed by atoms with E-state index in [4.69, 9.17) is 5.11 Å². The minimum atomic E-state index is -3.77. The average Bonchev–Trinajstić information content (AvgIpc) is 3.16. The predicted molar refractivity (Wildman–Crippen MR) is 93.5 cm³/mol. The maximum atomic E-state index is 12.9. The Labute approximate surface area is 148 Å². The van der Waals surface area contributed by atoms with Crippen molar-refractivity contribution < 1.29 is 18.3 Å². The first-order chi connectivity index (χ1) is 12.5. The summed E-state index contributed by atoms with van der Waals surface area (Å²) in [5.74, 6) is -1.09. The average molecular weight is 370 g/mol. The number of para-hydroxylation sites is 2. The van der Waals surface area contributed by atoms with Gasteiger partial charge in [0.1, 0.15) is 6.54 Å². The van der Waals surface area contributed by atoms with Crippen LogP contribution in [0.1, 0.15) is 5.56 Å². The Morgan fingerprint density at radius 3 is 2.31 bits per heavy atom. The zero-order chi connectivity index (χ0) is 18.3. The van der Waals surface area contributed by atoms with Gasteiger partial charge in [-0.3, -0.25) is 9.36 Å². The summed E-state index contributed by atoms with van der Waals surface area (Å²) < 4.78 is 28.6. The lowest BCUT2D eigenvalue weighted by Crippen LogP contribution is -2.09. The fourth-order valence-electron chi connectivity index (χ4n) is 2.99. The van der Waals surface area contributed by atoms with Crippen LogP contribution in [0.5, 0.6) is 0 Å². The van der Waals surface area contributed by atoms with Crippen LogP contribution in [-0.2, 0) is 26.9 Å². The number of carboxylic acid groups (broad SMARTS) is 1. The van der Waals surface area contributed by atoms with Gasteiger partial charge >= 0.3 is 5.97 Å². The van der Waals surface area contributed by atoms with Gasteiger partial charge in [-0.05, 0) is 17.7 Å². The van der Waals surface area contributed by atoms with Crippen LogP contribution in [0.3, 0.4) is 0 Å². The van der Waals surface area contributed by atoms with Crippen molar-refractivity contribution in [3.8, 4) is 0 Å². The first kappa shape index (κ1) is 16.3. The van der Waals surface area contributed by atoms with Crippen LogP contribution in [0.25, 0.3) is 16.8 Å². The molecule has 2 aromatic carbocycles. The molecular weight excluding hydrogens is 356 g/mol. The molecule has 2 heterocycles. The van der Waals surface area contributed by atoms with E-state index in [-0.39, 0.29) is 23.2 Å². The monoisotopic (exact) mass is 370 g/mol. The fourth-order valence-corrected chi connectivity index (χ4v) is 4.37. The molecule has 0 aliphatic heterocycles. The van der Waals surface area contributed by atoms with Crippen molar-refractivity contribution in [2.24, 2.45) is 0 Å². The highest BCUT2D eigenvalue weighted by molar-refractivity contribution is 7.90. The second-order valence-electron chi connectivity index (χ2n) is 5.83. The highest BCUT2D eigenvalue weighted by atomic mass is 32.2. The van der Waals surface area contributed by atoms with Crippen molar-refractivity contribution in [3.63, 3.8) is 0 Å². The largest absolute Gasteiger partial charge is 0.480 e. The number of nitrogens with zero attached hydrogens (tertiary/aromatic N) is 4. The maximum absolute atomic E-state index is 12.9. The summed E-state index contributed by atoms with van der Waals surface area (Å²) in [5.41, 5.74) is 1.76. The zero-order valence-corrected chi connectivity index (χ0v) is 14.3. The van der Waals surface area contributed by atoms with Gasteiger partial charge in [0.25, 0.3) is 5.16 Å². The zero-order valence-electron chi connectivity index (χ0n) is 13.5. The molecule has 0 spiro atoms. The van der Waals surface area contributed by atoms with Gasteiger partial charge < -0.3 is 5.11 Å². The van der Waals surface area contributed by atoms with Gasteiger partial charge in [-0.1, -0.05) is 42.5 Å². The van der Waals surface area contributed by atoms with Crippen molar-refractivity contribution in [2.45, 2.75) is 17.5 Å². The van der Waals surface area contributed by atoms with E-state index in [1.54, 1.807) is 48.5 Å². The Hall–Kier alpha value is -3.20. The number of benzene rings is 2. The molecule has 0 aliphatic rings. The van der Waals surface area contributed by atoms with Crippen molar-refractivity contribution in [1.82, 2.24) is 19.2 Å². The van der Waals surface area contributed by atoms with Crippen molar-refractivity contribution >= 4 is 32.6 Å². The van der Waals surface area contributed by atoms with Crippen molar-refractivity contribution in [2.75, 3.05) is 0 Å². The summed E-state index contributed by atoms with van der Waals surface area (Å²) in [6.45, 7) is -0.339. The first-order valence-corrected chi connectivity index (χ1v) is 9.43. The summed E-state index contributed by atoms with van der Waals surface area (Å²) in [4.78, 5) is 11.2. The van der Waals surface area contributed by atoms with Crippen molar-refractivity contribution in [3.05, 3.63) is 60.2 Å². The molecule has 132 valence electrons. The lowest BCUT2D eigenvalue weighted by molar-refractivity contribution is -0.137. The second-order valence-corrected chi connectivity index (χ2v) is 7.71. The smallest absolute Gasteiger partial charge is 0.323 e. The van der Waals surface area contributed by atoms with Gasteiger partial charge in [-0.25, -0.2) is 12.8 Å². The maximum Gasteiger partial charge on any atom is 0.323 e. The van der Waals surface area contributed by atoms with Crippen molar-refractivity contribution in [1.29, 1.82) is 0 Å². The minimum Gasteiger partial charge on any atom is -0.480 e. The number of aromatic nitrogens is 4. The molecule has 0 unspecified atom stereocenters. The molecule has 0 aliphatic carbocycles. The molecular formula is C17H14N4O4S. The highest BCUT2D eigenvalue weighted by Gasteiger charge is 2.26. The Balaban J connectivity index is 1.93. The third kappa shape index (κ3) is 2.62. The molecule has 0 atom stereocenters. The third-order valence-electron chi connectivity index (χ3n) is 4.04. The molecule has 2 aromatic heterocycles. The number of rotatable bonds is 5. The van der Waals surface area contributed by atoms with Gasteiger partial charge in [-0.2, -0.15) is 0 Å². The normalized spacial score (nSPS) is 12.0. The summed E-state index contributed by atoms with van der Waals surface area (Å²) in [7, 11) is -3.77. The Morgan fingerprint density at radius 1 is 0.962 bits per heavy atom. The summed E-state index contributed by atoms with van der Waals surface area (Å²) in [5, 5.41) is 16.8. The van der Waals surface area contributed by atoms with Gasteiger partial charge in [0.2, 0.25) is 15.6 Å². The fraction of sp³-hybridized carbons (Fsp3) is 0.118. The van der Waals surface area contributed by atoms with Crippen LogP contribution >= 0.6 is 0 Å².